The van der Waals surface area contributed by atoms with Crippen LogP contribution in [0.25, 0.3) is 0 Å². The van der Waals surface area contributed by atoms with Crippen LogP contribution in [0, 0.1) is 17.3 Å². The lowest BCUT2D eigenvalue weighted by molar-refractivity contribution is -0.137. The van der Waals surface area contributed by atoms with Crippen LogP contribution in [0.4, 0.5) is 0 Å². The average Bonchev–Trinajstić information content (AvgIpc) is 2.93. The van der Waals surface area contributed by atoms with E-state index in [1.54, 1.807) is 0 Å². The fourth-order valence-electron chi connectivity index (χ4n) is 3.79. The summed E-state index contributed by atoms with van der Waals surface area (Å²) in [7, 11) is 0. The van der Waals surface area contributed by atoms with Gasteiger partial charge in [0, 0.05) is 30.6 Å². The molecule has 0 unspecified atom stereocenters. The molecule has 0 aromatic heterocycles. The van der Waals surface area contributed by atoms with Crippen molar-refractivity contribution in [3.8, 4) is 0 Å². The molecule has 148 valence electrons. The highest BCUT2D eigenvalue weighted by Crippen LogP contribution is 2.36. The summed E-state index contributed by atoms with van der Waals surface area (Å²) < 4.78 is 0. The lowest BCUT2D eigenvalue weighted by atomic mass is 9.79. The van der Waals surface area contributed by atoms with Gasteiger partial charge < -0.3 is 5.11 Å². The zero-order chi connectivity index (χ0) is 19.6. The van der Waals surface area contributed by atoms with Gasteiger partial charge in [0.25, 0.3) is 0 Å². The summed E-state index contributed by atoms with van der Waals surface area (Å²) in [5.74, 6) is 0.237. The first-order valence-corrected chi connectivity index (χ1v) is 10.2. The second-order valence-corrected chi connectivity index (χ2v) is 8.31. The van der Waals surface area contributed by atoms with Gasteiger partial charge in [0.05, 0.1) is 0 Å². The number of unbranched alkanes of at least 4 members (excludes halogenated alkanes) is 2. The van der Waals surface area contributed by atoms with Crippen molar-refractivity contribution in [2.24, 2.45) is 17.3 Å². The van der Waals surface area contributed by atoms with Gasteiger partial charge in [-0.15, -0.1) is 0 Å². The normalized spacial score (nSPS) is 20.8. The zero-order valence-electron chi connectivity index (χ0n) is 16.8. The predicted molar refractivity (Wildman–Crippen MR) is 104 cm³/mol. The minimum atomic E-state index is -0.768. The van der Waals surface area contributed by atoms with Crippen LogP contribution < -0.4 is 0 Å². The van der Waals surface area contributed by atoms with Crippen LogP contribution in [-0.2, 0) is 14.4 Å². The molecule has 0 aliphatic heterocycles. The Kier molecular flexibility index (Phi) is 9.82. The van der Waals surface area contributed by atoms with Gasteiger partial charge in [-0.25, -0.2) is 0 Å². The molecule has 1 fully saturated rings. The third-order valence-electron chi connectivity index (χ3n) is 5.71. The van der Waals surface area contributed by atoms with Crippen LogP contribution >= 0.6 is 0 Å². The predicted octanol–water partition coefficient (Wildman–Crippen LogP) is 5.35. The maximum Gasteiger partial charge on any atom is 0.303 e. The van der Waals surface area contributed by atoms with Gasteiger partial charge in [0.15, 0.2) is 0 Å². The fourth-order valence-corrected chi connectivity index (χ4v) is 3.79. The molecular weight excluding hydrogens is 328 g/mol. The standard InChI is InChI=1S/C22H36O4/c1-4-5-16-22(2,3)20(24)15-13-17-12-14-19(23)18(17)10-8-6-7-9-11-21(25)26/h6,8,17-18H,4-5,7,9-16H2,1-3H3,(H,25,26)/t17-,18-/m1/s1. The summed E-state index contributed by atoms with van der Waals surface area (Å²) in [6.45, 7) is 6.23. The van der Waals surface area contributed by atoms with Crippen molar-refractivity contribution in [3.05, 3.63) is 12.2 Å². The van der Waals surface area contributed by atoms with Crippen molar-refractivity contribution in [2.75, 3.05) is 0 Å². The molecule has 0 spiro atoms. The van der Waals surface area contributed by atoms with Crippen LogP contribution in [0.3, 0.4) is 0 Å². The largest absolute Gasteiger partial charge is 0.481 e. The van der Waals surface area contributed by atoms with Crippen LogP contribution in [0.1, 0.15) is 91.4 Å². The Balaban J connectivity index is 2.43. The first kappa shape index (κ1) is 22.6. The molecule has 0 heterocycles. The summed E-state index contributed by atoms with van der Waals surface area (Å²) in [5.41, 5.74) is -0.252. The molecule has 4 nitrogen and oxygen atoms in total. The second-order valence-electron chi connectivity index (χ2n) is 8.31. The summed E-state index contributed by atoms with van der Waals surface area (Å²) >= 11 is 0. The number of carbonyl (C=O) groups excluding carboxylic acids is 2. The van der Waals surface area contributed by atoms with E-state index in [1.807, 2.05) is 26.0 Å². The van der Waals surface area contributed by atoms with Gasteiger partial charge in [-0.3, -0.25) is 14.4 Å². The highest BCUT2D eigenvalue weighted by atomic mass is 16.4. The third-order valence-corrected chi connectivity index (χ3v) is 5.71. The summed E-state index contributed by atoms with van der Waals surface area (Å²) in [6.07, 6.45) is 12.4. The average molecular weight is 365 g/mol. The Morgan fingerprint density at radius 3 is 2.58 bits per heavy atom. The number of carboxylic acids is 1. The number of allylic oxidation sites excluding steroid dienone is 2. The highest BCUT2D eigenvalue weighted by Gasteiger charge is 2.35. The van der Waals surface area contributed by atoms with E-state index in [9.17, 15) is 14.4 Å². The van der Waals surface area contributed by atoms with Crippen molar-refractivity contribution in [1.82, 2.24) is 0 Å². The molecular formula is C22H36O4. The number of hydrogen-bond acceptors (Lipinski definition) is 3. The van der Waals surface area contributed by atoms with Crippen molar-refractivity contribution >= 4 is 17.5 Å². The number of carboxylic acid groups (broad SMARTS) is 1. The molecule has 1 aliphatic rings. The van der Waals surface area contributed by atoms with E-state index < -0.39 is 5.97 Å². The number of Topliss-reactive ketones (excluding diaryl/α,β-unsaturated/α-hetero) is 2. The van der Waals surface area contributed by atoms with Gasteiger partial charge >= 0.3 is 5.97 Å². The molecule has 26 heavy (non-hydrogen) atoms. The first-order chi connectivity index (χ1) is 12.3. The molecule has 0 amide bonds. The SMILES string of the molecule is CCCCC(C)(C)C(=O)CC[C@H]1CCC(=O)[C@@H]1CC=CCCCC(=O)O. The molecule has 4 heteroatoms. The number of rotatable bonds is 13. The van der Waals surface area contributed by atoms with Gasteiger partial charge in [0.1, 0.15) is 11.6 Å². The number of ketones is 2. The van der Waals surface area contributed by atoms with E-state index >= 15 is 0 Å². The smallest absolute Gasteiger partial charge is 0.303 e. The molecule has 0 saturated heterocycles. The Bertz CT molecular complexity index is 504. The van der Waals surface area contributed by atoms with E-state index in [0.29, 0.717) is 36.7 Å². The molecule has 0 radical (unpaired) electrons. The number of carbonyl (C=O) groups is 3. The quantitative estimate of drug-likeness (QED) is 0.353. The fraction of sp³-hybridized carbons (Fsp3) is 0.773. The maximum atomic E-state index is 12.6. The van der Waals surface area contributed by atoms with Crippen molar-refractivity contribution in [1.29, 1.82) is 0 Å². The monoisotopic (exact) mass is 364 g/mol. The van der Waals surface area contributed by atoms with Crippen LogP contribution in [0.15, 0.2) is 12.2 Å². The highest BCUT2D eigenvalue weighted by molar-refractivity contribution is 5.85. The molecule has 0 aromatic carbocycles. The van der Waals surface area contributed by atoms with Gasteiger partial charge in [0.2, 0.25) is 0 Å². The Hall–Kier alpha value is -1.45. The third kappa shape index (κ3) is 7.84. The first-order valence-electron chi connectivity index (χ1n) is 10.2. The summed E-state index contributed by atoms with van der Waals surface area (Å²) in [5, 5.41) is 8.62. The van der Waals surface area contributed by atoms with E-state index in [4.69, 9.17) is 5.11 Å². The molecule has 1 N–H and O–H groups in total. The maximum absolute atomic E-state index is 12.6. The minimum Gasteiger partial charge on any atom is -0.481 e. The Labute approximate surface area is 158 Å². The van der Waals surface area contributed by atoms with Gasteiger partial charge in [-0.1, -0.05) is 45.8 Å². The lowest BCUT2D eigenvalue weighted by Crippen LogP contribution is -2.25. The van der Waals surface area contributed by atoms with Crippen molar-refractivity contribution < 1.29 is 19.5 Å². The molecule has 0 aromatic rings. The summed E-state index contributed by atoms with van der Waals surface area (Å²) in [6, 6.07) is 0. The van der Waals surface area contributed by atoms with E-state index in [2.05, 4.69) is 6.92 Å². The topological polar surface area (TPSA) is 71.4 Å². The van der Waals surface area contributed by atoms with Crippen LogP contribution in [0.5, 0.6) is 0 Å². The Morgan fingerprint density at radius 2 is 1.92 bits per heavy atom. The summed E-state index contributed by atoms with van der Waals surface area (Å²) in [4.78, 5) is 35.2. The zero-order valence-corrected chi connectivity index (χ0v) is 16.8. The minimum absolute atomic E-state index is 0.0391. The molecule has 1 aliphatic carbocycles. The Morgan fingerprint density at radius 1 is 1.19 bits per heavy atom. The molecule has 1 rings (SSSR count). The number of aliphatic carboxylic acids is 1. The second kappa shape index (κ2) is 11.3. The molecule has 0 bridgehead atoms. The van der Waals surface area contributed by atoms with Gasteiger partial charge in [-0.05, 0) is 44.4 Å². The van der Waals surface area contributed by atoms with E-state index in [1.165, 1.54) is 0 Å². The molecule has 1 saturated carbocycles. The molecule has 2 atom stereocenters. The van der Waals surface area contributed by atoms with E-state index in [-0.39, 0.29) is 17.8 Å². The lowest BCUT2D eigenvalue weighted by Gasteiger charge is -2.24. The number of hydrogen-bond donors (Lipinski definition) is 1. The van der Waals surface area contributed by atoms with Crippen LogP contribution in [0.2, 0.25) is 0 Å². The van der Waals surface area contributed by atoms with E-state index in [0.717, 1.165) is 44.9 Å². The van der Waals surface area contributed by atoms with Crippen molar-refractivity contribution in [3.63, 3.8) is 0 Å². The van der Waals surface area contributed by atoms with Crippen molar-refractivity contribution in [2.45, 2.75) is 91.4 Å². The van der Waals surface area contributed by atoms with Crippen LogP contribution in [-0.4, -0.2) is 22.6 Å². The van der Waals surface area contributed by atoms with Gasteiger partial charge in [-0.2, -0.15) is 0 Å².